The minimum atomic E-state index is -0.529. The lowest BCUT2D eigenvalue weighted by Crippen LogP contribution is -2.13. The zero-order valence-electron chi connectivity index (χ0n) is 16.1. The number of para-hydroxylation sites is 2. The normalized spacial score (nSPS) is 10.7. The lowest BCUT2D eigenvalue weighted by Gasteiger charge is -2.10. The second-order valence-corrected chi connectivity index (χ2v) is 7.98. The van der Waals surface area contributed by atoms with Gasteiger partial charge in [0.15, 0.2) is 0 Å². The Morgan fingerprint density at radius 2 is 1.90 bits per heavy atom. The van der Waals surface area contributed by atoms with Crippen LogP contribution in [0.3, 0.4) is 0 Å². The molecule has 0 bridgehead atoms. The van der Waals surface area contributed by atoms with Gasteiger partial charge in [-0.2, -0.15) is 0 Å². The van der Waals surface area contributed by atoms with Gasteiger partial charge in [0.1, 0.15) is 5.82 Å². The SMILES string of the molecule is Cc1cc(NC(=O)c2ccc(F)cc2Cl)sc1C(=O)Nc1ccccc1-n1ccnn1. The average molecular weight is 456 g/mol. The van der Waals surface area contributed by atoms with E-state index in [1.807, 2.05) is 12.1 Å². The van der Waals surface area contributed by atoms with Gasteiger partial charge < -0.3 is 10.6 Å². The largest absolute Gasteiger partial charge is 0.319 e. The molecule has 156 valence electrons. The second-order valence-electron chi connectivity index (χ2n) is 6.52. The molecule has 0 fully saturated rings. The summed E-state index contributed by atoms with van der Waals surface area (Å²) in [5.74, 6) is -1.34. The van der Waals surface area contributed by atoms with E-state index in [0.29, 0.717) is 26.8 Å². The first-order chi connectivity index (χ1) is 14.9. The van der Waals surface area contributed by atoms with Gasteiger partial charge >= 0.3 is 0 Å². The number of hydrogen-bond donors (Lipinski definition) is 2. The van der Waals surface area contributed by atoms with Crippen molar-refractivity contribution in [3.05, 3.63) is 87.8 Å². The van der Waals surface area contributed by atoms with Crippen molar-refractivity contribution < 1.29 is 14.0 Å². The van der Waals surface area contributed by atoms with Crippen LogP contribution in [0, 0.1) is 12.7 Å². The maximum Gasteiger partial charge on any atom is 0.266 e. The van der Waals surface area contributed by atoms with Crippen LogP contribution >= 0.6 is 22.9 Å². The molecule has 2 N–H and O–H groups in total. The first kappa shape index (κ1) is 20.7. The molecule has 0 aliphatic rings. The molecular weight excluding hydrogens is 441 g/mol. The maximum atomic E-state index is 13.2. The molecule has 0 atom stereocenters. The van der Waals surface area contributed by atoms with Crippen LogP contribution in [0.25, 0.3) is 5.69 Å². The van der Waals surface area contributed by atoms with Crippen LogP contribution < -0.4 is 10.6 Å². The molecule has 0 aliphatic carbocycles. The van der Waals surface area contributed by atoms with Crippen molar-refractivity contribution in [1.29, 1.82) is 0 Å². The summed E-state index contributed by atoms with van der Waals surface area (Å²) in [5.41, 5.74) is 2.07. The number of benzene rings is 2. The summed E-state index contributed by atoms with van der Waals surface area (Å²) in [6, 6.07) is 12.4. The second kappa shape index (κ2) is 8.66. The Kier molecular flexibility index (Phi) is 5.79. The number of rotatable bonds is 5. The fraction of sp³-hybridized carbons (Fsp3) is 0.0476. The maximum absolute atomic E-state index is 13.2. The van der Waals surface area contributed by atoms with Crippen molar-refractivity contribution in [2.24, 2.45) is 0 Å². The molecule has 0 radical (unpaired) electrons. The third-order valence-corrected chi connectivity index (χ3v) is 5.82. The van der Waals surface area contributed by atoms with Gasteiger partial charge in [0.2, 0.25) is 0 Å². The third-order valence-electron chi connectivity index (χ3n) is 4.36. The van der Waals surface area contributed by atoms with Crippen molar-refractivity contribution in [2.45, 2.75) is 6.92 Å². The zero-order valence-corrected chi connectivity index (χ0v) is 17.7. The lowest BCUT2D eigenvalue weighted by molar-refractivity contribution is 0.102. The molecule has 2 amide bonds. The first-order valence-corrected chi connectivity index (χ1v) is 10.3. The fourth-order valence-electron chi connectivity index (χ4n) is 2.92. The van der Waals surface area contributed by atoms with Gasteiger partial charge in [-0.15, -0.1) is 16.4 Å². The molecule has 0 aliphatic heterocycles. The van der Waals surface area contributed by atoms with Gasteiger partial charge in [0.25, 0.3) is 11.8 Å². The van der Waals surface area contributed by atoms with Crippen molar-refractivity contribution in [3.8, 4) is 5.69 Å². The highest BCUT2D eigenvalue weighted by molar-refractivity contribution is 7.18. The number of amides is 2. The monoisotopic (exact) mass is 455 g/mol. The Morgan fingerprint density at radius 3 is 2.65 bits per heavy atom. The molecular formula is C21H15ClFN5O2S. The molecule has 4 aromatic rings. The summed E-state index contributed by atoms with van der Waals surface area (Å²) in [6.45, 7) is 1.77. The summed E-state index contributed by atoms with van der Waals surface area (Å²) in [5, 5.41) is 13.8. The van der Waals surface area contributed by atoms with Gasteiger partial charge in [-0.05, 0) is 48.9 Å². The third kappa shape index (κ3) is 4.47. The van der Waals surface area contributed by atoms with Gasteiger partial charge in [0.05, 0.1) is 44.2 Å². The molecule has 2 aromatic carbocycles. The number of aryl methyl sites for hydroxylation is 1. The molecule has 0 saturated heterocycles. The molecule has 7 nitrogen and oxygen atoms in total. The van der Waals surface area contributed by atoms with E-state index in [-0.39, 0.29) is 16.5 Å². The van der Waals surface area contributed by atoms with Crippen LogP contribution in [-0.4, -0.2) is 26.8 Å². The predicted octanol–water partition coefficient (Wildman–Crippen LogP) is 4.93. The number of carbonyl (C=O) groups is 2. The fourth-order valence-corrected chi connectivity index (χ4v) is 4.13. The number of halogens is 2. The van der Waals surface area contributed by atoms with E-state index in [2.05, 4.69) is 20.9 Å². The van der Waals surface area contributed by atoms with Crippen molar-refractivity contribution in [1.82, 2.24) is 15.0 Å². The van der Waals surface area contributed by atoms with Crippen LogP contribution in [0.15, 0.2) is 60.9 Å². The average Bonchev–Trinajstić information content (AvgIpc) is 3.38. The lowest BCUT2D eigenvalue weighted by atomic mass is 10.2. The minimum absolute atomic E-state index is 0.00784. The molecule has 0 spiro atoms. The molecule has 0 saturated carbocycles. The van der Waals surface area contributed by atoms with Gasteiger partial charge in [-0.25, -0.2) is 9.07 Å². The van der Waals surface area contributed by atoms with Gasteiger partial charge in [0, 0.05) is 0 Å². The zero-order chi connectivity index (χ0) is 22.0. The van der Waals surface area contributed by atoms with Gasteiger partial charge in [-0.1, -0.05) is 28.9 Å². The van der Waals surface area contributed by atoms with Crippen LogP contribution in [0.4, 0.5) is 15.1 Å². The van der Waals surface area contributed by atoms with E-state index in [4.69, 9.17) is 11.6 Å². The Labute approximate surface area is 185 Å². The Hall–Kier alpha value is -3.56. The van der Waals surface area contributed by atoms with E-state index in [0.717, 1.165) is 23.5 Å². The predicted molar refractivity (Wildman–Crippen MR) is 118 cm³/mol. The van der Waals surface area contributed by atoms with E-state index >= 15 is 0 Å². The summed E-state index contributed by atoms with van der Waals surface area (Å²) in [7, 11) is 0. The summed E-state index contributed by atoms with van der Waals surface area (Å²) in [4.78, 5) is 25.8. The number of hydrogen-bond acceptors (Lipinski definition) is 5. The number of thiophene rings is 1. The molecule has 2 heterocycles. The highest BCUT2D eigenvalue weighted by Gasteiger charge is 2.18. The number of aromatic nitrogens is 3. The van der Waals surface area contributed by atoms with Crippen molar-refractivity contribution in [3.63, 3.8) is 0 Å². The quantitative estimate of drug-likeness (QED) is 0.446. The van der Waals surface area contributed by atoms with Gasteiger partial charge in [-0.3, -0.25) is 9.59 Å². The number of nitrogens with one attached hydrogen (secondary N) is 2. The Balaban J connectivity index is 1.53. The topological polar surface area (TPSA) is 88.9 Å². The molecule has 0 unspecified atom stereocenters. The van der Waals surface area contributed by atoms with Crippen molar-refractivity contribution >= 4 is 45.4 Å². The minimum Gasteiger partial charge on any atom is -0.319 e. The molecule has 10 heteroatoms. The van der Waals surface area contributed by atoms with Crippen LogP contribution in [0.2, 0.25) is 5.02 Å². The Morgan fingerprint density at radius 1 is 1.10 bits per heavy atom. The number of carbonyl (C=O) groups excluding carboxylic acids is 2. The van der Waals surface area contributed by atoms with Crippen LogP contribution in [-0.2, 0) is 0 Å². The molecule has 4 rings (SSSR count). The van der Waals surface area contributed by atoms with E-state index in [1.54, 1.807) is 42.2 Å². The number of nitrogens with zero attached hydrogens (tertiary/aromatic N) is 3. The summed E-state index contributed by atoms with van der Waals surface area (Å²) in [6.07, 6.45) is 3.22. The van der Waals surface area contributed by atoms with Crippen LogP contribution in [0.1, 0.15) is 25.6 Å². The number of anilines is 2. The highest BCUT2D eigenvalue weighted by Crippen LogP contribution is 2.29. The summed E-state index contributed by atoms with van der Waals surface area (Å²) < 4.78 is 14.8. The smallest absolute Gasteiger partial charge is 0.266 e. The highest BCUT2D eigenvalue weighted by atomic mass is 35.5. The summed E-state index contributed by atoms with van der Waals surface area (Å²) >= 11 is 7.08. The standard InChI is InChI=1S/C21H15ClFN5O2S/c1-12-10-18(26-20(29)14-7-6-13(23)11-15(14)22)31-19(12)21(30)25-16-4-2-3-5-17(16)28-9-8-24-27-28/h2-11H,1H3,(H,25,30)(H,26,29). The van der Waals surface area contributed by atoms with Crippen molar-refractivity contribution in [2.75, 3.05) is 10.6 Å². The van der Waals surface area contributed by atoms with Crippen LogP contribution in [0.5, 0.6) is 0 Å². The Bertz CT molecular complexity index is 1270. The molecule has 2 aromatic heterocycles. The molecule has 31 heavy (non-hydrogen) atoms. The van der Waals surface area contributed by atoms with E-state index in [9.17, 15) is 14.0 Å². The van der Waals surface area contributed by atoms with E-state index < -0.39 is 11.7 Å². The first-order valence-electron chi connectivity index (χ1n) is 9.06. The van der Waals surface area contributed by atoms with E-state index in [1.165, 1.54) is 6.07 Å².